The highest BCUT2D eigenvalue weighted by molar-refractivity contribution is 7.26. The summed E-state index contributed by atoms with van der Waals surface area (Å²) in [5.41, 5.74) is 23.7. The van der Waals surface area contributed by atoms with Gasteiger partial charge in [0, 0.05) is 166 Å². The quantitative estimate of drug-likeness (QED) is 0.133. The number of hydrogen-bond donors (Lipinski definition) is 0. The van der Waals surface area contributed by atoms with E-state index in [0.29, 0.717) is 29.1 Å². The molecule has 18 aromatic carbocycles. The maximum absolute atomic E-state index is 6.24. The molecular formula is C119H65N7O7S2. The van der Waals surface area contributed by atoms with E-state index in [4.69, 9.17) is 65.8 Å². The number of rotatable bonds is 9. The van der Waals surface area contributed by atoms with E-state index in [1.165, 1.54) is 40.3 Å². The van der Waals surface area contributed by atoms with E-state index in [-0.39, 0.29) is 0 Å². The second kappa shape index (κ2) is 30.4. The molecular weight excluding hydrogens is 1700 g/mol. The van der Waals surface area contributed by atoms with Gasteiger partial charge in [-0.05, 0) is 188 Å². The molecule has 12 aromatic heterocycles. The number of aromatic nitrogens is 7. The lowest BCUT2D eigenvalue weighted by atomic mass is 10.0. The van der Waals surface area contributed by atoms with Crippen LogP contribution in [0.4, 0.5) is 0 Å². The molecule has 0 radical (unpaired) electrons. The Morgan fingerprint density at radius 3 is 0.644 bits per heavy atom. The van der Waals surface area contributed by atoms with E-state index in [1.54, 1.807) is 22.7 Å². The third-order valence-corrected chi connectivity index (χ3v) is 28.2. The van der Waals surface area contributed by atoms with Gasteiger partial charge in [0.15, 0.2) is 29.1 Å². The Morgan fingerprint density at radius 1 is 0.126 bits per heavy atom. The summed E-state index contributed by atoms with van der Waals surface area (Å²) in [7, 11) is 0. The molecule has 0 aliphatic heterocycles. The molecule has 0 aliphatic carbocycles. The van der Waals surface area contributed by atoms with Crippen LogP contribution in [0.2, 0.25) is 0 Å². The summed E-state index contributed by atoms with van der Waals surface area (Å²) in [4.78, 5) is 35.7. The molecule has 14 nitrogen and oxygen atoms in total. The minimum atomic E-state index is 0.616. The number of nitrogens with zero attached hydrogens (tertiary/aromatic N) is 7. The summed E-state index contributed by atoms with van der Waals surface area (Å²) in [6, 6.07) is 135. The lowest BCUT2D eigenvalue weighted by Gasteiger charge is -2.10. The molecule has 0 unspecified atom stereocenters. The minimum absolute atomic E-state index is 0.616. The second-order valence-electron chi connectivity index (χ2n) is 34.0. The highest BCUT2D eigenvalue weighted by Gasteiger charge is 2.24. The molecule has 30 aromatic rings. The van der Waals surface area contributed by atoms with E-state index in [2.05, 4.69) is 224 Å². The average molecular weight is 1770 g/mol. The predicted octanol–water partition coefficient (Wildman–Crippen LogP) is 33.9. The fourth-order valence-electron chi connectivity index (χ4n) is 19.4. The van der Waals surface area contributed by atoms with Crippen LogP contribution >= 0.6 is 22.7 Å². The highest BCUT2D eigenvalue weighted by atomic mass is 32.1. The summed E-state index contributed by atoms with van der Waals surface area (Å²) in [6.45, 7) is 0. The van der Waals surface area contributed by atoms with Crippen molar-refractivity contribution in [3.63, 3.8) is 0 Å². The molecule has 630 valence electrons. The van der Waals surface area contributed by atoms with Gasteiger partial charge in [-0.3, -0.25) is 0 Å². The lowest BCUT2D eigenvalue weighted by molar-refractivity contribution is 0.668. The monoisotopic (exact) mass is 1770 g/mol. The third kappa shape index (κ3) is 12.9. The molecule has 0 N–H and O–H groups in total. The molecule has 0 bridgehead atoms. The van der Waals surface area contributed by atoms with E-state index in [9.17, 15) is 0 Å². The number of benzene rings is 18. The van der Waals surface area contributed by atoms with Gasteiger partial charge >= 0.3 is 0 Å². The highest BCUT2D eigenvalue weighted by Crippen LogP contribution is 2.45. The van der Waals surface area contributed by atoms with Crippen molar-refractivity contribution in [1.29, 1.82) is 0 Å². The Hall–Kier alpha value is -17.8. The molecule has 0 spiro atoms. The standard InChI is InChI=1S/2C40H22N2O3.C39H21N3OS2/c1-4-10-34-26(7-1)29-16-13-25(21-39(29)45-34)40-41-32(23-14-17-37-30(19-23)27-8-2-5-11-35(27)43-37)22-33(42-40)24-15-18-38-31(20-24)28-9-3-6-12-36(28)44-38;1-4-10-34-26(7-1)29-16-13-24(21-39(29)45-34)33-22-32(23-14-17-37-30(19-23)27-8-2-5-11-35(27)43-37)41-40(42-33)25-15-18-38-31(20-25)28-9-3-6-12-36(28)44-38;1-4-10-31-25(7-1)26-16-13-22(19-32(26)43-31)37-40-38(23-14-17-29-27-8-2-5-11-33(27)44-35(29)20-23)42-39(41-37)24-15-18-30-28-9-3-6-12-34(28)45-36(30)21-24/h2*1-22H;1-21H. The first kappa shape index (κ1) is 76.1. The minimum Gasteiger partial charge on any atom is -0.456 e. The van der Waals surface area contributed by atoms with Crippen LogP contribution < -0.4 is 0 Å². The Balaban J connectivity index is 0.000000101. The van der Waals surface area contributed by atoms with Gasteiger partial charge in [0.05, 0.1) is 22.8 Å². The Bertz CT molecular complexity index is 9220. The van der Waals surface area contributed by atoms with Crippen LogP contribution in [-0.4, -0.2) is 34.9 Å². The topological polar surface area (TPSA) is 182 Å². The van der Waals surface area contributed by atoms with E-state index < -0.39 is 0 Å². The van der Waals surface area contributed by atoms with E-state index in [0.717, 1.165) is 226 Å². The van der Waals surface area contributed by atoms with Gasteiger partial charge < -0.3 is 30.9 Å². The normalized spacial score (nSPS) is 12.0. The molecule has 0 amide bonds. The molecule has 0 atom stereocenters. The van der Waals surface area contributed by atoms with Crippen molar-refractivity contribution >= 4 is 217 Å². The first-order valence-corrected chi connectivity index (χ1v) is 46.2. The number of para-hydroxylation sites is 7. The Labute approximate surface area is 773 Å². The van der Waals surface area contributed by atoms with Crippen LogP contribution in [0.3, 0.4) is 0 Å². The predicted molar refractivity (Wildman–Crippen MR) is 550 cm³/mol. The van der Waals surface area contributed by atoms with E-state index in [1.807, 2.05) is 170 Å². The lowest BCUT2D eigenvalue weighted by Crippen LogP contribution is -2.00. The maximum atomic E-state index is 6.24. The molecule has 0 fully saturated rings. The third-order valence-electron chi connectivity index (χ3n) is 26.0. The van der Waals surface area contributed by atoms with Crippen molar-refractivity contribution in [3.8, 4) is 102 Å². The molecule has 0 aliphatic rings. The first-order chi connectivity index (χ1) is 66.7. The van der Waals surface area contributed by atoms with Crippen LogP contribution in [0, 0.1) is 0 Å². The molecule has 0 saturated carbocycles. The number of furan rings is 7. The van der Waals surface area contributed by atoms with Crippen LogP contribution in [0.15, 0.2) is 425 Å². The van der Waals surface area contributed by atoms with Gasteiger partial charge in [0.25, 0.3) is 0 Å². The van der Waals surface area contributed by atoms with Crippen molar-refractivity contribution in [2.24, 2.45) is 0 Å². The van der Waals surface area contributed by atoms with Gasteiger partial charge in [0.2, 0.25) is 0 Å². The van der Waals surface area contributed by atoms with Crippen LogP contribution in [0.5, 0.6) is 0 Å². The summed E-state index contributed by atoms with van der Waals surface area (Å²) in [6.07, 6.45) is 0. The fourth-order valence-corrected chi connectivity index (χ4v) is 21.7. The van der Waals surface area contributed by atoms with Gasteiger partial charge in [-0.25, -0.2) is 34.9 Å². The summed E-state index contributed by atoms with van der Waals surface area (Å²) < 4.78 is 48.1. The molecule has 135 heavy (non-hydrogen) atoms. The van der Waals surface area contributed by atoms with Crippen molar-refractivity contribution in [2.75, 3.05) is 0 Å². The maximum Gasteiger partial charge on any atom is 0.164 e. The largest absolute Gasteiger partial charge is 0.456 e. The number of thiophene rings is 2. The molecule has 12 heterocycles. The smallest absolute Gasteiger partial charge is 0.164 e. The molecule has 16 heteroatoms. The zero-order valence-corrected chi connectivity index (χ0v) is 73.0. The van der Waals surface area contributed by atoms with E-state index >= 15 is 0 Å². The second-order valence-corrected chi connectivity index (χ2v) is 36.2. The zero-order chi connectivity index (χ0) is 88.5. The Morgan fingerprint density at radius 2 is 0.319 bits per heavy atom. The number of fused-ring (bicyclic) bond motifs is 27. The summed E-state index contributed by atoms with van der Waals surface area (Å²) in [5.74, 6) is 3.17. The molecule has 30 rings (SSSR count). The summed E-state index contributed by atoms with van der Waals surface area (Å²) >= 11 is 3.59. The number of hydrogen-bond acceptors (Lipinski definition) is 16. The fraction of sp³-hybridized carbons (Fsp3) is 0. The molecule has 0 saturated heterocycles. The van der Waals surface area contributed by atoms with Crippen molar-refractivity contribution in [3.05, 3.63) is 394 Å². The van der Waals surface area contributed by atoms with Crippen LogP contribution in [0.25, 0.3) is 296 Å². The SMILES string of the molecule is c1ccc2c(c1)oc1cc(-c3cc(-c4ccc5oc6ccccc6c5c4)nc(-c4ccc5oc6ccccc6c5c4)n3)ccc12.c1ccc2c(c1)oc1cc(-c3nc(-c4ccc5c(c4)sc4ccccc45)nc(-c4ccc5c(c4)sc4ccccc45)n3)ccc12.c1ccc2c(c1)oc1cc(-c3nc(-c4ccc5oc6ccccc6c5c4)cc(-c4ccc5oc6ccccc6c5c4)n3)ccc12. The van der Waals surface area contributed by atoms with Gasteiger partial charge in [-0.2, -0.15) is 0 Å². The zero-order valence-electron chi connectivity index (χ0n) is 71.3. The summed E-state index contributed by atoms with van der Waals surface area (Å²) in [5, 5.41) is 20.1. The first-order valence-electron chi connectivity index (χ1n) is 44.5. The van der Waals surface area contributed by atoms with Gasteiger partial charge in [0.1, 0.15) is 78.2 Å². The van der Waals surface area contributed by atoms with Crippen LogP contribution in [0.1, 0.15) is 0 Å². The van der Waals surface area contributed by atoms with Gasteiger partial charge in [-0.15, -0.1) is 22.7 Å². The van der Waals surface area contributed by atoms with Crippen molar-refractivity contribution in [1.82, 2.24) is 34.9 Å². The van der Waals surface area contributed by atoms with Gasteiger partial charge in [-0.1, -0.05) is 206 Å². The van der Waals surface area contributed by atoms with Crippen molar-refractivity contribution in [2.45, 2.75) is 0 Å². The average Bonchev–Trinajstić information content (AvgIpc) is 1.69. The van der Waals surface area contributed by atoms with Crippen molar-refractivity contribution < 1.29 is 30.9 Å². The van der Waals surface area contributed by atoms with Crippen LogP contribution in [-0.2, 0) is 0 Å². The Kier molecular flexibility index (Phi) is 17.1.